The summed E-state index contributed by atoms with van der Waals surface area (Å²) in [4.78, 5) is 44.3. The summed E-state index contributed by atoms with van der Waals surface area (Å²) in [5.74, 6) is -5.58. The largest absolute Gasteiger partial charge is 1.00 e. The number of carbonyl (C=O) groups is 4. The van der Waals surface area contributed by atoms with Crippen molar-refractivity contribution in [2.24, 2.45) is 0 Å². The van der Waals surface area contributed by atoms with Gasteiger partial charge in [0, 0.05) is 0 Å². The van der Waals surface area contributed by atoms with Crippen LogP contribution in [0, 0.1) is 0 Å². The van der Waals surface area contributed by atoms with Crippen LogP contribution in [-0.2, 0) is 9.59 Å². The van der Waals surface area contributed by atoms with Gasteiger partial charge in [0.1, 0.15) is 11.5 Å². The van der Waals surface area contributed by atoms with E-state index in [9.17, 15) is 29.4 Å². The van der Waals surface area contributed by atoms with E-state index in [2.05, 4.69) is 0 Å². The molecular weight excluding hydrogens is 366 g/mol. The third kappa shape index (κ3) is 6.91. The van der Waals surface area contributed by atoms with E-state index >= 15 is 0 Å². The Morgan fingerprint density at radius 2 is 0.846 bits per heavy atom. The van der Waals surface area contributed by atoms with Crippen LogP contribution in [0.1, 0.15) is 20.7 Å². The second kappa shape index (κ2) is 11.1. The third-order valence-corrected chi connectivity index (χ3v) is 2.77. The zero-order valence-corrected chi connectivity index (χ0v) is 17.9. The summed E-state index contributed by atoms with van der Waals surface area (Å²) < 4.78 is 9.43. The van der Waals surface area contributed by atoms with Crippen LogP contribution in [0.2, 0.25) is 0 Å². The normalized spacial score (nSPS) is 9.08. The van der Waals surface area contributed by atoms with E-state index in [4.69, 9.17) is 9.47 Å². The Kier molecular flexibility index (Phi) is 10.4. The molecule has 0 unspecified atom stereocenters. The molecule has 0 atom stereocenters. The average molecular weight is 374 g/mol. The number of aromatic carboxylic acids is 2. The van der Waals surface area contributed by atoms with Crippen molar-refractivity contribution in [3.63, 3.8) is 0 Å². The first-order chi connectivity index (χ1) is 11.4. The molecule has 10 heteroatoms. The summed E-state index contributed by atoms with van der Waals surface area (Å²) in [6.07, 6.45) is 0. The van der Waals surface area contributed by atoms with Gasteiger partial charge in [-0.15, -0.1) is 0 Å². The third-order valence-electron chi connectivity index (χ3n) is 2.77. The van der Waals surface area contributed by atoms with Gasteiger partial charge < -0.3 is 29.3 Å². The molecule has 2 aromatic carbocycles. The zero-order chi connectivity index (χ0) is 17.7. The van der Waals surface area contributed by atoms with Gasteiger partial charge in [0.15, 0.2) is 0 Å². The molecule has 0 aliphatic carbocycles. The Morgan fingerprint density at radius 3 is 1.08 bits per heavy atom. The van der Waals surface area contributed by atoms with Crippen LogP contribution in [0.15, 0.2) is 48.5 Å². The van der Waals surface area contributed by atoms with Crippen LogP contribution in [0.3, 0.4) is 0 Å². The van der Waals surface area contributed by atoms with Gasteiger partial charge in [0.2, 0.25) is 0 Å². The van der Waals surface area contributed by atoms with E-state index in [1.54, 1.807) is 0 Å². The molecule has 2 aromatic rings. The van der Waals surface area contributed by atoms with Gasteiger partial charge in [-0.05, 0) is 59.7 Å². The molecule has 8 nitrogen and oxygen atoms in total. The molecule has 0 saturated carbocycles. The Hall–Kier alpha value is -1.68. The number of benzene rings is 2. The van der Waals surface area contributed by atoms with Crippen LogP contribution in [0.4, 0.5) is 0 Å². The van der Waals surface area contributed by atoms with E-state index in [0.29, 0.717) is 0 Å². The molecule has 0 fully saturated rings. The Morgan fingerprint density at radius 1 is 0.577 bits per heavy atom. The van der Waals surface area contributed by atoms with Gasteiger partial charge in [0.05, 0.1) is 11.9 Å². The van der Waals surface area contributed by atoms with E-state index in [0.717, 1.165) is 24.3 Å². The van der Waals surface area contributed by atoms with E-state index < -0.39 is 23.9 Å². The van der Waals surface area contributed by atoms with Gasteiger partial charge in [-0.2, -0.15) is 0 Å². The fourth-order valence-corrected chi connectivity index (χ4v) is 1.62. The summed E-state index contributed by atoms with van der Waals surface area (Å²) in [5.41, 5.74) is -0.240. The minimum atomic E-state index is -1.40. The maximum Gasteiger partial charge on any atom is 1.00 e. The predicted molar refractivity (Wildman–Crippen MR) is 72.8 cm³/mol. The Balaban J connectivity index is 0.00000312. The van der Waals surface area contributed by atoms with E-state index in [1.807, 2.05) is 0 Å². The molecule has 0 saturated heterocycles. The molecule has 2 rings (SSSR count). The number of hydrogen-bond acceptors (Lipinski definition) is 8. The van der Waals surface area contributed by atoms with Crippen LogP contribution in [0.25, 0.3) is 0 Å². The summed E-state index contributed by atoms with van der Waals surface area (Å²) in [6.45, 7) is 0. The molecule has 0 aliphatic rings. The monoisotopic (exact) mass is 374 g/mol. The molecule has 0 bridgehead atoms. The topological polar surface area (TPSA) is 133 Å². The number of esters is 2. The van der Waals surface area contributed by atoms with Crippen molar-refractivity contribution in [3.8, 4) is 11.5 Å². The van der Waals surface area contributed by atoms with Gasteiger partial charge >= 0.3 is 71.1 Å². The van der Waals surface area contributed by atoms with Crippen LogP contribution < -0.4 is 78.8 Å². The number of carboxylic acid groups (broad SMARTS) is 2. The first kappa shape index (κ1) is 24.3. The summed E-state index contributed by atoms with van der Waals surface area (Å²) in [5, 5.41) is 21.2. The van der Waals surface area contributed by atoms with Crippen molar-refractivity contribution in [2.75, 3.05) is 0 Å². The fraction of sp³-hybridized carbons (Fsp3) is 0. The van der Waals surface area contributed by atoms with Crippen LogP contribution >= 0.6 is 0 Å². The second-order valence-electron chi connectivity index (χ2n) is 4.40. The van der Waals surface area contributed by atoms with Gasteiger partial charge in [-0.25, -0.2) is 9.59 Å². The van der Waals surface area contributed by atoms with Crippen molar-refractivity contribution in [1.29, 1.82) is 0 Å². The molecule has 0 aliphatic heterocycles. The maximum atomic E-state index is 11.6. The van der Waals surface area contributed by atoms with Gasteiger partial charge in [-0.1, -0.05) is 0 Å². The minimum absolute atomic E-state index is 0. The first-order valence-electron chi connectivity index (χ1n) is 6.43. The molecule has 122 valence electrons. The molecular formula is C16H8Na2O8. The van der Waals surface area contributed by atoms with Crippen LogP contribution in [-0.4, -0.2) is 23.9 Å². The number of hydrogen-bond donors (Lipinski definition) is 0. The van der Waals surface area contributed by atoms with E-state index in [1.165, 1.54) is 24.3 Å². The Labute approximate surface area is 191 Å². The van der Waals surface area contributed by atoms with Crippen molar-refractivity contribution >= 4 is 23.9 Å². The summed E-state index contributed by atoms with van der Waals surface area (Å²) in [6, 6.07) is 9.25. The SMILES string of the molecule is O=C(Oc1ccc(C(=O)[O-])cc1)C(=O)Oc1ccc(C(=O)[O-])cc1.[Na+].[Na+]. The predicted octanol–water partition coefficient (Wildman–Crippen LogP) is -7.07. The zero-order valence-electron chi connectivity index (χ0n) is 13.9. The maximum absolute atomic E-state index is 11.6. The van der Waals surface area contributed by atoms with Crippen molar-refractivity contribution < 1.29 is 98.0 Å². The minimum Gasteiger partial charge on any atom is -0.545 e. The molecule has 0 amide bonds. The number of carboxylic acids is 2. The first-order valence-corrected chi connectivity index (χ1v) is 6.43. The van der Waals surface area contributed by atoms with E-state index in [-0.39, 0.29) is 81.7 Å². The quantitative estimate of drug-likeness (QED) is 0.223. The average Bonchev–Trinajstić information content (AvgIpc) is 2.55. The number of ether oxygens (including phenoxy) is 2. The van der Waals surface area contributed by atoms with Gasteiger partial charge in [0.25, 0.3) is 0 Å². The molecule has 0 N–H and O–H groups in total. The summed E-state index contributed by atoms with van der Waals surface area (Å²) >= 11 is 0. The molecule has 0 aromatic heterocycles. The van der Waals surface area contributed by atoms with Crippen molar-refractivity contribution in [2.45, 2.75) is 0 Å². The Bertz CT molecular complexity index is 731. The number of rotatable bonds is 4. The fourth-order valence-electron chi connectivity index (χ4n) is 1.62. The summed E-state index contributed by atoms with van der Waals surface area (Å²) in [7, 11) is 0. The second-order valence-corrected chi connectivity index (χ2v) is 4.40. The molecule has 0 radical (unpaired) electrons. The smallest absolute Gasteiger partial charge is 0.545 e. The molecule has 26 heavy (non-hydrogen) atoms. The van der Waals surface area contributed by atoms with Gasteiger partial charge in [-0.3, -0.25) is 0 Å². The number of carbonyl (C=O) groups excluding carboxylic acids is 4. The van der Waals surface area contributed by atoms with Crippen molar-refractivity contribution in [3.05, 3.63) is 59.7 Å². The van der Waals surface area contributed by atoms with Crippen LogP contribution in [0.5, 0.6) is 11.5 Å². The van der Waals surface area contributed by atoms with Crippen molar-refractivity contribution in [1.82, 2.24) is 0 Å². The molecule has 0 heterocycles. The standard InChI is InChI=1S/C16H10O8.2Na/c17-13(18)9-1-5-11(6-2-9)23-15(21)16(22)24-12-7-3-10(4-8-12)14(19)20;;/h1-8H,(H,17,18)(H,19,20);;/q;2*+1/p-2. The molecule has 0 spiro atoms.